The lowest BCUT2D eigenvalue weighted by atomic mass is 10.2. The average molecular weight is 216 g/mol. The lowest BCUT2D eigenvalue weighted by molar-refractivity contribution is 0.101. The summed E-state index contributed by atoms with van der Waals surface area (Å²) in [5.74, 6) is 0.301. The third kappa shape index (κ3) is 1.82. The van der Waals surface area contributed by atoms with Gasteiger partial charge in [-0.05, 0) is 19.1 Å². The molecule has 0 saturated heterocycles. The molecule has 0 N–H and O–H groups in total. The molecule has 1 heterocycles. The molecule has 2 rings (SSSR count). The van der Waals surface area contributed by atoms with Crippen molar-refractivity contribution in [2.45, 2.75) is 6.92 Å². The zero-order valence-electron chi connectivity index (χ0n) is 9.18. The van der Waals surface area contributed by atoms with E-state index in [1.165, 1.54) is 14.0 Å². The smallest absolute Gasteiger partial charge is 0.243 e. The van der Waals surface area contributed by atoms with Gasteiger partial charge in [0, 0.05) is 6.20 Å². The topological polar surface area (TPSA) is 44.1 Å². The van der Waals surface area contributed by atoms with Crippen LogP contribution in [0.25, 0.3) is 5.69 Å². The highest BCUT2D eigenvalue weighted by Gasteiger charge is 2.13. The van der Waals surface area contributed by atoms with E-state index in [9.17, 15) is 4.79 Å². The fourth-order valence-electron chi connectivity index (χ4n) is 1.46. The van der Waals surface area contributed by atoms with Gasteiger partial charge in [-0.25, -0.2) is 4.68 Å². The third-order valence-electron chi connectivity index (χ3n) is 2.27. The Morgan fingerprint density at radius 3 is 2.50 bits per heavy atom. The number of para-hydroxylation sites is 1. The highest BCUT2D eigenvalue weighted by atomic mass is 16.5. The lowest BCUT2D eigenvalue weighted by Gasteiger charge is -1.98. The number of ketones is 1. The molecule has 0 aliphatic heterocycles. The van der Waals surface area contributed by atoms with E-state index in [0.717, 1.165) is 5.69 Å². The average Bonchev–Trinajstić information content (AvgIpc) is 2.74. The van der Waals surface area contributed by atoms with Crippen LogP contribution in [0.3, 0.4) is 0 Å². The summed E-state index contributed by atoms with van der Waals surface area (Å²) in [6, 6.07) is 9.58. The molecule has 0 aliphatic rings. The largest absolute Gasteiger partial charge is 0.479 e. The maximum absolute atomic E-state index is 11.3. The Bertz CT molecular complexity index is 503. The van der Waals surface area contributed by atoms with Crippen LogP contribution in [0.1, 0.15) is 17.3 Å². The Balaban J connectivity index is 2.48. The van der Waals surface area contributed by atoms with Crippen molar-refractivity contribution in [2.24, 2.45) is 0 Å². The van der Waals surface area contributed by atoms with Crippen LogP contribution in [0.15, 0.2) is 36.5 Å². The van der Waals surface area contributed by atoms with Gasteiger partial charge in [0.25, 0.3) is 0 Å². The highest BCUT2D eigenvalue weighted by molar-refractivity contribution is 5.96. The molecule has 0 saturated carbocycles. The van der Waals surface area contributed by atoms with Gasteiger partial charge in [-0.2, -0.15) is 0 Å². The summed E-state index contributed by atoms with van der Waals surface area (Å²) in [5.41, 5.74) is 1.39. The van der Waals surface area contributed by atoms with Crippen molar-refractivity contribution in [3.8, 4) is 11.6 Å². The summed E-state index contributed by atoms with van der Waals surface area (Å²) in [6.07, 6.45) is 1.68. The molecular weight excluding hydrogens is 204 g/mol. The van der Waals surface area contributed by atoms with E-state index in [1.807, 2.05) is 30.3 Å². The second-order valence-corrected chi connectivity index (χ2v) is 3.39. The molecule has 0 bridgehead atoms. The molecule has 0 radical (unpaired) electrons. The Morgan fingerprint density at radius 2 is 2.00 bits per heavy atom. The number of hydrogen-bond acceptors (Lipinski definition) is 3. The molecule has 4 heteroatoms. The van der Waals surface area contributed by atoms with Gasteiger partial charge in [0.05, 0.1) is 18.4 Å². The normalized spacial score (nSPS) is 10.1. The van der Waals surface area contributed by atoms with Gasteiger partial charge >= 0.3 is 0 Å². The number of nitrogens with zero attached hydrogens (tertiary/aromatic N) is 2. The van der Waals surface area contributed by atoms with Crippen LogP contribution in [0.2, 0.25) is 0 Å². The summed E-state index contributed by atoms with van der Waals surface area (Å²) < 4.78 is 6.69. The van der Waals surface area contributed by atoms with Gasteiger partial charge in [0.1, 0.15) is 0 Å². The molecule has 0 amide bonds. The molecule has 1 aromatic carbocycles. The first-order chi connectivity index (χ1) is 7.72. The SMILES string of the molecule is COc1nn(-c2ccccc2)cc1C(C)=O. The summed E-state index contributed by atoms with van der Waals surface area (Å²) in [4.78, 5) is 11.3. The number of aromatic nitrogens is 2. The predicted molar refractivity (Wildman–Crippen MR) is 60.1 cm³/mol. The maximum Gasteiger partial charge on any atom is 0.243 e. The second-order valence-electron chi connectivity index (χ2n) is 3.39. The minimum atomic E-state index is -0.0565. The number of Topliss-reactive ketones (excluding diaryl/α,β-unsaturated/α-hetero) is 1. The fourth-order valence-corrected chi connectivity index (χ4v) is 1.46. The molecule has 16 heavy (non-hydrogen) atoms. The number of carbonyl (C=O) groups is 1. The molecule has 0 aliphatic carbocycles. The predicted octanol–water partition coefficient (Wildman–Crippen LogP) is 2.08. The van der Waals surface area contributed by atoms with Gasteiger partial charge in [-0.15, -0.1) is 5.10 Å². The minimum Gasteiger partial charge on any atom is -0.479 e. The summed E-state index contributed by atoms with van der Waals surface area (Å²) in [5, 5.41) is 4.19. The van der Waals surface area contributed by atoms with Crippen molar-refractivity contribution in [1.29, 1.82) is 0 Å². The molecule has 0 atom stereocenters. The zero-order valence-corrected chi connectivity index (χ0v) is 9.18. The van der Waals surface area contributed by atoms with Gasteiger partial charge in [0.15, 0.2) is 5.78 Å². The van der Waals surface area contributed by atoms with E-state index in [1.54, 1.807) is 10.9 Å². The Morgan fingerprint density at radius 1 is 1.31 bits per heavy atom. The number of rotatable bonds is 3. The van der Waals surface area contributed by atoms with E-state index in [2.05, 4.69) is 5.10 Å². The standard InChI is InChI=1S/C12H12N2O2/c1-9(15)11-8-14(13-12(11)16-2)10-6-4-3-5-7-10/h3-8H,1-2H3. The number of methoxy groups -OCH3 is 1. The molecule has 2 aromatic rings. The molecule has 0 spiro atoms. The first kappa shape index (κ1) is 10.4. The summed E-state index contributed by atoms with van der Waals surface area (Å²) >= 11 is 0. The van der Waals surface area contributed by atoms with Crippen LogP contribution in [0.4, 0.5) is 0 Å². The van der Waals surface area contributed by atoms with E-state index < -0.39 is 0 Å². The summed E-state index contributed by atoms with van der Waals surface area (Å²) in [7, 11) is 1.50. The van der Waals surface area contributed by atoms with Crippen molar-refractivity contribution >= 4 is 5.78 Å². The van der Waals surface area contributed by atoms with E-state index in [4.69, 9.17) is 4.74 Å². The Hall–Kier alpha value is -2.10. The molecule has 0 fully saturated rings. The molecular formula is C12H12N2O2. The highest BCUT2D eigenvalue weighted by Crippen LogP contribution is 2.18. The van der Waals surface area contributed by atoms with Crippen LogP contribution in [0.5, 0.6) is 5.88 Å². The van der Waals surface area contributed by atoms with Crippen LogP contribution in [0, 0.1) is 0 Å². The van der Waals surface area contributed by atoms with Crippen molar-refractivity contribution in [3.05, 3.63) is 42.1 Å². The summed E-state index contributed by atoms with van der Waals surface area (Å²) in [6.45, 7) is 1.49. The Labute approximate surface area is 93.5 Å². The van der Waals surface area contributed by atoms with Crippen molar-refractivity contribution < 1.29 is 9.53 Å². The number of ether oxygens (including phenoxy) is 1. The Kier molecular flexibility index (Phi) is 2.72. The van der Waals surface area contributed by atoms with Gasteiger partial charge in [-0.1, -0.05) is 18.2 Å². The number of hydrogen-bond donors (Lipinski definition) is 0. The fraction of sp³-hybridized carbons (Fsp3) is 0.167. The quantitative estimate of drug-likeness (QED) is 0.738. The van der Waals surface area contributed by atoms with Gasteiger partial charge in [0.2, 0.25) is 5.88 Å². The van der Waals surface area contributed by atoms with Crippen LogP contribution >= 0.6 is 0 Å². The molecule has 4 nitrogen and oxygen atoms in total. The van der Waals surface area contributed by atoms with Crippen LogP contribution < -0.4 is 4.74 Å². The molecule has 1 aromatic heterocycles. The molecule has 82 valence electrons. The zero-order chi connectivity index (χ0) is 11.5. The lowest BCUT2D eigenvalue weighted by Crippen LogP contribution is -1.94. The monoisotopic (exact) mass is 216 g/mol. The van der Waals surface area contributed by atoms with Crippen molar-refractivity contribution in [2.75, 3.05) is 7.11 Å². The van der Waals surface area contributed by atoms with E-state index >= 15 is 0 Å². The van der Waals surface area contributed by atoms with Crippen molar-refractivity contribution in [3.63, 3.8) is 0 Å². The molecule has 0 unspecified atom stereocenters. The van der Waals surface area contributed by atoms with Crippen LogP contribution in [-0.4, -0.2) is 22.7 Å². The first-order valence-electron chi connectivity index (χ1n) is 4.92. The minimum absolute atomic E-state index is 0.0565. The maximum atomic E-state index is 11.3. The first-order valence-corrected chi connectivity index (χ1v) is 4.92. The van der Waals surface area contributed by atoms with E-state index in [-0.39, 0.29) is 5.78 Å². The van der Waals surface area contributed by atoms with Gasteiger partial charge < -0.3 is 4.74 Å². The van der Waals surface area contributed by atoms with Crippen LogP contribution in [-0.2, 0) is 0 Å². The van der Waals surface area contributed by atoms with E-state index in [0.29, 0.717) is 11.4 Å². The third-order valence-corrected chi connectivity index (χ3v) is 2.27. The number of carbonyl (C=O) groups excluding carboxylic acids is 1. The second kappa shape index (κ2) is 4.18. The van der Waals surface area contributed by atoms with Crippen molar-refractivity contribution in [1.82, 2.24) is 9.78 Å². The van der Waals surface area contributed by atoms with Gasteiger partial charge in [-0.3, -0.25) is 4.79 Å². The number of benzene rings is 1.